The number of esters is 1. The van der Waals surface area contributed by atoms with Crippen LogP contribution >= 0.6 is 11.8 Å². The van der Waals surface area contributed by atoms with Crippen LogP contribution in [0, 0.1) is 0 Å². The third-order valence-electron chi connectivity index (χ3n) is 2.73. The molecule has 0 radical (unpaired) electrons. The molecule has 5 heteroatoms. The van der Waals surface area contributed by atoms with Gasteiger partial charge in [0.1, 0.15) is 5.54 Å². The largest absolute Gasteiger partial charge is 0.468 e. The summed E-state index contributed by atoms with van der Waals surface area (Å²) in [5.41, 5.74) is -0.648. The van der Waals surface area contributed by atoms with Crippen LogP contribution in [0.2, 0.25) is 0 Å². The quantitative estimate of drug-likeness (QED) is 0.615. The topological polar surface area (TPSA) is 51.2 Å². The van der Waals surface area contributed by atoms with Gasteiger partial charge in [-0.15, -0.1) is 11.8 Å². The molecule has 0 fully saturated rings. The third kappa shape index (κ3) is 5.20. The van der Waals surface area contributed by atoms with E-state index in [1.54, 1.807) is 18.0 Å². The van der Waals surface area contributed by atoms with Gasteiger partial charge in [0, 0.05) is 18.0 Å². The molecule has 1 heterocycles. The van der Waals surface area contributed by atoms with E-state index in [4.69, 9.17) is 4.74 Å². The number of pyridine rings is 1. The first-order valence-electron chi connectivity index (χ1n) is 6.38. The van der Waals surface area contributed by atoms with Crippen LogP contribution in [0.15, 0.2) is 29.4 Å². The molecule has 0 spiro atoms. The van der Waals surface area contributed by atoms with Gasteiger partial charge in [-0.3, -0.25) is 10.1 Å². The van der Waals surface area contributed by atoms with E-state index in [0.29, 0.717) is 6.42 Å². The Labute approximate surface area is 119 Å². The van der Waals surface area contributed by atoms with E-state index in [2.05, 4.69) is 10.3 Å². The van der Waals surface area contributed by atoms with Crippen LogP contribution < -0.4 is 5.32 Å². The number of methoxy groups -OCH3 is 1. The Bertz CT molecular complexity index is 398. The molecule has 1 aromatic heterocycles. The summed E-state index contributed by atoms with van der Waals surface area (Å²) in [5.74, 6) is 0.588. The lowest BCUT2D eigenvalue weighted by atomic mass is 9.98. The first-order chi connectivity index (χ1) is 8.98. The van der Waals surface area contributed by atoms with Crippen molar-refractivity contribution >= 4 is 17.7 Å². The number of aromatic nitrogens is 1. The minimum Gasteiger partial charge on any atom is -0.468 e. The van der Waals surface area contributed by atoms with Crippen molar-refractivity contribution in [1.29, 1.82) is 0 Å². The highest BCUT2D eigenvalue weighted by molar-refractivity contribution is 7.99. The van der Waals surface area contributed by atoms with Crippen molar-refractivity contribution in [2.24, 2.45) is 0 Å². The second-order valence-electron chi connectivity index (χ2n) is 4.89. The van der Waals surface area contributed by atoms with Crippen LogP contribution in [0.1, 0.15) is 27.2 Å². The van der Waals surface area contributed by atoms with Crippen molar-refractivity contribution in [3.05, 3.63) is 24.4 Å². The normalized spacial score (nSPS) is 14.2. The molecule has 1 aromatic rings. The van der Waals surface area contributed by atoms with Crippen LogP contribution in [-0.4, -0.2) is 35.4 Å². The van der Waals surface area contributed by atoms with E-state index in [-0.39, 0.29) is 12.0 Å². The summed E-state index contributed by atoms with van der Waals surface area (Å²) in [5, 5.41) is 4.26. The smallest absolute Gasteiger partial charge is 0.325 e. The number of carbonyl (C=O) groups excluding carboxylic acids is 1. The Morgan fingerprint density at radius 1 is 1.53 bits per heavy atom. The van der Waals surface area contributed by atoms with Crippen LogP contribution in [0.25, 0.3) is 0 Å². The van der Waals surface area contributed by atoms with Crippen LogP contribution in [0.3, 0.4) is 0 Å². The fraction of sp³-hybridized carbons (Fsp3) is 0.571. The van der Waals surface area contributed by atoms with E-state index >= 15 is 0 Å². The fourth-order valence-corrected chi connectivity index (χ4v) is 2.92. The molecule has 0 saturated carbocycles. The Morgan fingerprint density at radius 3 is 2.79 bits per heavy atom. The summed E-state index contributed by atoms with van der Waals surface area (Å²) in [7, 11) is 1.43. The van der Waals surface area contributed by atoms with Gasteiger partial charge in [0.05, 0.1) is 12.1 Å². The van der Waals surface area contributed by atoms with Gasteiger partial charge < -0.3 is 4.74 Å². The molecule has 0 aromatic carbocycles. The Morgan fingerprint density at radius 2 is 2.26 bits per heavy atom. The molecule has 0 aliphatic heterocycles. The number of thioether (sulfide) groups is 1. The van der Waals surface area contributed by atoms with E-state index in [0.717, 1.165) is 10.8 Å². The van der Waals surface area contributed by atoms with E-state index < -0.39 is 5.54 Å². The Balaban J connectivity index is 2.56. The van der Waals surface area contributed by atoms with Gasteiger partial charge in [-0.2, -0.15) is 0 Å². The first kappa shape index (κ1) is 16.0. The average molecular weight is 282 g/mol. The Hall–Kier alpha value is -1.07. The number of nitrogens with one attached hydrogen (secondary N) is 1. The second-order valence-corrected chi connectivity index (χ2v) is 6.00. The summed E-state index contributed by atoms with van der Waals surface area (Å²) < 4.78 is 4.89. The summed E-state index contributed by atoms with van der Waals surface area (Å²) >= 11 is 1.64. The molecule has 1 atom stereocenters. The van der Waals surface area contributed by atoms with Crippen molar-refractivity contribution < 1.29 is 9.53 Å². The summed E-state index contributed by atoms with van der Waals surface area (Å²) in [6, 6.07) is 6.05. The number of hydrogen-bond acceptors (Lipinski definition) is 5. The third-order valence-corrected chi connectivity index (χ3v) is 3.68. The van der Waals surface area contributed by atoms with E-state index in [1.807, 2.05) is 39.0 Å². The predicted molar refractivity (Wildman–Crippen MR) is 78.3 cm³/mol. The molecule has 1 unspecified atom stereocenters. The number of carbonyl (C=O) groups is 1. The molecule has 0 saturated heterocycles. The average Bonchev–Trinajstić information content (AvgIpc) is 2.38. The molecule has 0 amide bonds. The minimum atomic E-state index is -0.648. The highest BCUT2D eigenvalue weighted by Crippen LogP contribution is 2.21. The minimum absolute atomic E-state index is 0.220. The van der Waals surface area contributed by atoms with Gasteiger partial charge in [-0.1, -0.05) is 6.07 Å². The number of ether oxygens (including phenoxy) is 1. The lowest BCUT2D eigenvalue weighted by Crippen LogP contribution is -2.53. The van der Waals surface area contributed by atoms with Crippen molar-refractivity contribution in [2.75, 3.05) is 12.9 Å². The van der Waals surface area contributed by atoms with Gasteiger partial charge in [-0.05, 0) is 39.3 Å². The zero-order valence-corrected chi connectivity index (χ0v) is 12.8. The van der Waals surface area contributed by atoms with Gasteiger partial charge in [0.15, 0.2) is 0 Å². The van der Waals surface area contributed by atoms with Gasteiger partial charge >= 0.3 is 5.97 Å². The number of rotatable bonds is 7. The van der Waals surface area contributed by atoms with Crippen molar-refractivity contribution in [1.82, 2.24) is 10.3 Å². The predicted octanol–water partition coefficient (Wildman–Crippen LogP) is 2.49. The van der Waals surface area contributed by atoms with Gasteiger partial charge in [-0.25, -0.2) is 4.98 Å². The molecular formula is C14H22N2O2S. The van der Waals surface area contributed by atoms with Gasteiger partial charge in [0.2, 0.25) is 0 Å². The van der Waals surface area contributed by atoms with Crippen molar-refractivity contribution in [2.45, 2.75) is 43.8 Å². The van der Waals surface area contributed by atoms with Crippen LogP contribution in [0.5, 0.6) is 0 Å². The zero-order valence-electron chi connectivity index (χ0n) is 12.0. The highest BCUT2D eigenvalue weighted by atomic mass is 32.2. The molecule has 0 bridgehead atoms. The van der Waals surface area contributed by atoms with Crippen molar-refractivity contribution in [3.63, 3.8) is 0 Å². The van der Waals surface area contributed by atoms with Crippen LogP contribution in [-0.2, 0) is 9.53 Å². The second kappa shape index (κ2) is 7.50. The maximum absolute atomic E-state index is 11.9. The monoisotopic (exact) mass is 282 g/mol. The lowest BCUT2D eigenvalue weighted by molar-refractivity contribution is -0.148. The molecule has 1 rings (SSSR count). The SMILES string of the molecule is COC(=O)C(C)(CCSc1ccccn1)NC(C)C. The maximum atomic E-state index is 11.9. The molecule has 1 N–H and O–H groups in total. The summed E-state index contributed by atoms with van der Waals surface area (Å²) in [6.07, 6.45) is 2.47. The van der Waals surface area contributed by atoms with E-state index in [1.165, 1.54) is 7.11 Å². The summed E-state index contributed by atoms with van der Waals surface area (Å²) in [6.45, 7) is 5.93. The van der Waals surface area contributed by atoms with Gasteiger partial charge in [0.25, 0.3) is 0 Å². The first-order valence-corrected chi connectivity index (χ1v) is 7.36. The molecule has 4 nitrogen and oxygen atoms in total. The van der Waals surface area contributed by atoms with Crippen molar-refractivity contribution in [3.8, 4) is 0 Å². The molecular weight excluding hydrogens is 260 g/mol. The molecule has 0 aliphatic rings. The van der Waals surface area contributed by atoms with E-state index in [9.17, 15) is 4.79 Å². The Kier molecular flexibility index (Phi) is 6.31. The molecule has 106 valence electrons. The number of nitrogens with zero attached hydrogens (tertiary/aromatic N) is 1. The maximum Gasteiger partial charge on any atom is 0.325 e. The lowest BCUT2D eigenvalue weighted by Gasteiger charge is -2.30. The highest BCUT2D eigenvalue weighted by Gasteiger charge is 2.34. The molecule has 0 aliphatic carbocycles. The summed E-state index contributed by atoms with van der Waals surface area (Å²) in [4.78, 5) is 16.2. The standard InChI is InChI=1S/C14H22N2O2S/c1-11(2)16-14(3,13(17)18-4)8-10-19-12-7-5-6-9-15-12/h5-7,9,11,16H,8,10H2,1-4H3. The number of hydrogen-bond donors (Lipinski definition) is 1. The molecule has 19 heavy (non-hydrogen) atoms. The fourth-order valence-electron chi connectivity index (χ4n) is 1.89. The van der Waals surface area contributed by atoms with Crippen LogP contribution in [0.4, 0.5) is 0 Å². The zero-order chi connectivity index (χ0) is 14.3.